The zero-order valence-corrected chi connectivity index (χ0v) is 16.2. The fraction of sp³-hybridized carbons (Fsp3) is 0.650. The molecule has 1 unspecified atom stereocenters. The Labute approximate surface area is 156 Å². The molecule has 1 aromatic heterocycles. The number of hydrogen-bond acceptors (Lipinski definition) is 5. The molecule has 1 saturated heterocycles. The van der Waals surface area contributed by atoms with Crippen molar-refractivity contribution in [2.75, 3.05) is 39.1 Å². The number of anilines is 1. The number of aromatic nitrogens is 2. The van der Waals surface area contributed by atoms with Crippen LogP contribution < -0.4 is 10.2 Å². The zero-order chi connectivity index (χ0) is 18.5. The van der Waals surface area contributed by atoms with Crippen LogP contribution >= 0.6 is 0 Å². The van der Waals surface area contributed by atoms with E-state index in [0.29, 0.717) is 24.8 Å². The quantitative estimate of drug-likeness (QED) is 0.792. The second-order valence-electron chi connectivity index (χ2n) is 7.71. The van der Waals surface area contributed by atoms with Gasteiger partial charge in [0.25, 0.3) is 0 Å². The summed E-state index contributed by atoms with van der Waals surface area (Å²) < 4.78 is 0. The summed E-state index contributed by atoms with van der Waals surface area (Å²) in [5.41, 5.74) is 0.926. The van der Waals surface area contributed by atoms with Crippen LogP contribution in [0.1, 0.15) is 49.5 Å². The number of carbonyl (C=O) groups is 1. The molecule has 26 heavy (non-hydrogen) atoms. The van der Waals surface area contributed by atoms with Crippen molar-refractivity contribution in [3.63, 3.8) is 0 Å². The molecule has 0 bridgehead atoms. The summed E-state index contributed by atoms with van der Waals surface area (Å²) in [7, 11) is 5.88. The van der Waals surface area contributed by atoms with Gasteiger partial charge < -0.3 is 15.1 Å². The fourth-order valence-corrected chi connectivity index (χ4v) is 3.65. The van der Waals surface area contributed by atoms with Gasteiger partial charge in [-0.05, 0) is 44.7 Å². The van der Waals surface area contributed by atoms with Gasteiger partial charge in [-0.15, -0.1) is 0 Å². The van der Waals surface area contributed by atoms with E-state index in [1.807, 2.05) is 32.1 Å². The molecule has 1 amide bonds. The van der Waals surface area contributed by atoms with Gasteiger partial charge in [0, 0.05) is 39.5 Å². The SMILES string of the molecule is CN(Cc1cc(N(C)C)nc(C2CCNCC2)n1)C(=O)CC1C=CCC1. The molecule has 1 atom stereocenters. The highest BCUT2D eigenvalue weighted by atomic mass is 16.2. The second-order valence-corrected chi connectivity index (χ2v) is 7.71. The van der Waals surface area contributed by atoms with Crippen LogP contribution in [0.4, 0.5) is 5.82 Å². The molecule has 3 rings (SSSR count). The summed E-state index contributed by atoms with van der Waals surface area (Å²) in [6, 6.07) is 2.00. The van der Waals surface area contributed by atoms with Crippen molar-refractivity contribution in [1.29, 1.82) is 0 Å². The maximum absolute atomic E-state index is 12.5. The zero-order valence-electron chi connectivity index (χ0n) is 16.2. The number of hydrogen-bond donors (Lipinski definition) is 1. The molecule has 0 radical (unpaired) electrons. The third-order valence-corrected chi connectivity index (χ3v) is 5.32. The van der Waals surface area contributed by atoms with Crippen molar-refractivity contribution < 1.29 is 4.79 Å². The normalized spacial score (nSPS) is 20.3. The van der Waals surface area contributed by atoms with Gasteiger partial charge in [-0.2, -0.15) is 0 Å². The summed E-state index contributed by atoms with van der Waals surface area (Å²) in [5, 5.41) is 3.39. The topological polar surface area (TPSA) is 61.4 Å². The third-order valence-electron chi connectivity index (χ3n) is 5.32. The highest BCUT2D eigenvalue weighted by Gasteiger charge is 2.21. The Balaban J connectivity index is 1.71. The van der Waals surface area contributed by atoms with Gasteiger partial charge in [0.2, 0.25) is 5.91 Å². The Hall–Kier alpha value is -1.95. The molecule has 0 spiro atoms. The minimum absolute atomic E-state index is 0.190. The minimum Gasteiger partial charge on any atom is -0.363 e. The largest absolute Gasteiger partial charge is 0.363 e. The number of nitrogens with one attached hydrogen (secondary N) is 1. The molecule has 1 aliphatic carbocycles. The Morgan fingerprint density at radius 2 is 1.96 bits per heavy atom. The van der Waals surface area contributed by atoms with Gasteiger partial charge in [0.05, 0.1) is 12.2 Å². The molecular formula is C20H31N5O. The number of carbonyl (C=O) groups excluding carboxylic acids is 1. The third kappa shape index (κ3) is 4.81. The van der Waals surface area contributed by atoms with Crippen LogP contribution in [0.3, 0.4) is 0 Å². The van der Waals surface area contributed by atoms with Crippen LogP contribution in [0.5, 0.6) is 0 Å². The minimum atomic E-state index is 0.190. The standard InChI is InChI=1S/C20H31N5O/c1-24(2)18-13-17(22-20(23-18)16-8-10-21-11-9-16)14-25(3)19(26)12-15-6-4-5-7-15/h4,6,13,15-16,21H,5,7-12,14H2,1-3H3. The second kappa shape index (κ2) is 8.62. The molecule has 1 aliphatic heterocycles. The number of allylic oxidation sites excluding steroid dienone is 2. The molecule has 1 N–H and O–H groups in total. The van der Waals surface area contributed by atoms with Crippen LogP contribution in [0, 0.1) is 5.92 Å². The van der Waals surface area contributed by atoms with Gasteiger partial charge in [-0.3, -0.25) is 4.79 Å². The van der Waals surface area contributed by atoms with Crippen LogP contribution in [0.25, 0.3) is 0 Å². The van der Waals surface area contributed by atoms with Crippen LogP contribution in [0.2, 0.25) is 0 Å². The molecule has 2 aliphatic rings. The number of rotatable bonds is 6. The van der Waals surface area contributed by atoms with Gasteiger partial charge in [0.1, 0.15) is 11.6 Å². The van der Waals surface area contributed by atoms with Gasteiger partial charge in [0.15, 0.2) is 0 Å². The molecule has 142 valence electrons. The predicted molar refractivity (Wildman–Crippen MR) is 104 cm³/mol. The lowest BCUT2D eigenvalue weighted by atomic mass is 9.97. The van der Waals surface area contributed by atoms with E-state index in [2.05, 4.69) is 17.5 Å². The van der Waals surface area contributed by atoms with Gasteiger partial charge in [-0.25, -0.2) is 9.97 Å². The number of piperidine rings is 1. The molecular weight excluding hydrogens is 326 g/mol. The van der Waals surface area contributed by atoms with E-state index < -0.39 is 0 Å². The summed E-state index contributed by atoms with van der Waals surface area (Å²) in [4.78, 5) is 25.9. The van der Waals surface area contributed by atoms with Crippen molar-refractivity contribution in [3.05, 3.63) is 29.7 Å². The first-order valence-corrected chi connectivity index (χ1v) is 9.69. The molecule has 6 heteroatoms. The molecule has 6 nitrogen and oxygen atoms in total. The molecule has 0 saturated carbocycles. The van der Waals surface area contributed by atoms with E-state index in [1.165, 1.54) is 0 Å². The van der Waals surface area contributed by atoms with Crippen molar-refractivity contribution in [1.82, 2.24) is 20.2 Å². The fourth-order valence-electron chi connectivity index (χ4n) is 3.65. The van der Waals surface area contributed by atoms with E-state index in [-0.39, 0.29) is 5.91 Å². The van der Waals surface area contributed by atoms with E-state index in [9.17, 15) is 4.79 Å². The summed E-state index contributed by atoms with van der Waals surface area (Å²) in [5.74, 6) is 2.84. The number of amides is 1. The summed E-state index contributed by atoms with van der Waals surface area (Å²) >= 11 is 0. The van der Waals surface area contributed by atoms with Crippen molar-refractivity contribution >= 4 is 11.7 Å². The predicted octanol–water partition coefficient (Wildman–Crippen LogP) is 2.32. The molecule has 1 aromatic rings. The average molecular weight is 358 g/mol. The molecule has 0 aromatic carbocycles. The highest BCUT2D eigenvalue weighted by Crippen LogP contribution is 2.25. The molecule has 2 heterocycles. The van der Waals surface area contributed by atoms with E-state index in [0.717, 1.165) is 56.1 Å². The summed E-state index contributed by atoms with van der Waals surface area (Å²) in [6.45, 7) is 2.57. The van der Waals surface area contributed by atoms with Gasteiger partial charge in [-0.1, -0.05) is 12.2 Å². The maximum Gasteiger partial charge on any atom is 0.223 e. The summed E-state index contributed by atoms with van der Waals surface area (Å²) in [6.07, 6.45) is 9.28. The van der Waals surface area contributed by atoms with Crippen LogP contribution in [0.15, 0.2) is 18.2 Å². The lowest BCUT2D eigenvalue weighted by Crippen LogP contribution is -2.30. The highest BCUT2D eigenvalue weighted by molar-refractivity contribution is 5.76. The Bertz CT molecular complexity index is 652. The first-order chi connectivity index (χ1) is 12.5. The van der Waals surface area contributed by atoms with E-state index in [4.69, 9.17) is 9.97 Å². The van der Waals surface area contributed by atoms with Crippen LogP contribution in [-0.2, 0) is 11.3 Å². The lowest BCUT2D eigenvalue weighted by Gasteiger charge is -2.24. The first kappa shape index (κ1) is 18.8. The number of nitrogens with zero attached hydrogens (tertiary/aromatic N) is 4. The van der Waals surface area contributed by atoms with Gasteiger partial charge >= 0.3 is 0 Å². The Morgan fingerprint density at radius 3 is 2.62 bits per heavy atom. The van der Waals surface area contributed by atoms with Crippen molar-refractivity contribution in [2.24, 2.45) is 5.92 Å². The maximum atomic E-state index is 12.5. The monoisotopic (exact) mass is 357 g/mol. The lowest BCUT2D eigenvalue weighted by molar-refractivity contribution is -0.131. The first-order valence-electron chi connectivity index (χ1n) is 9.69. The van der Waals surface area contributed by atoms with Crippen LogP contribution in [-0.4, -0.2) is 55.0 Å². The van der Waals surface area contributed by atoms with Crippen molar-refractivity contribution in [2.45, 2.75) is 44.6 Å². The Kier molecular flexibility index (Phi) is 6.25. The smallest absolute Gasteiger partial charge is 0.223 e. The van der Waals surface area contributed by atoms with E-state index in [1.54, 1.807) is 4.90 Å². The molecule has 1 fully saturated rings. The Morgan fingerprint density at radius 1 is 1.19 bits per heavy atom. The van der Waals surface area contributed by atoms with Crippen molar-refractivity contribution in [3.8, 4) is 0 Å². The van der Waals surface area contributed by atoms with E-state index >= 15 is 0 Å². The average Bonchev–Trinajstić information content (AvgIpc) is 3.15.